The van der Waals surface area contributed by atoms with E-state index in [0.29, 0.717) is 0 Å². The lowest BCUT2D eigenvalue weighted by Gasteiger charge is -2.23. The average Bonchev–Trinajstić information content (AvgIpc) is 2.75. The molecule has 0 aliphatic heterocycles. The summed E-state index contributed by atoms with van der Waals surface area (Å²) < 4.78 is 9.98. The monoisotopic (exact) mass is 285 g/mol. The van der Waals surface area contributed by atoms with Crippen LogP contribution < -0.4 is 0 Å². The van der Waals surface area contributed by atoms with E-state index in [1.54, 1.807) is 20.8 Å². The van der Waals surface area contributed by atoms with Crippen LogP contribution in [0.4, 0.5) is 0 Å². The lowest BCUT2D eigenvalue weighted by Crippen LogP contribution is -2.41. The third-order valence-electron chi connectivity index (χ3n) is 2.62. The van der Waals surface area contributed by atoms with Gasteiger partial charge in [-0.15, -0.1) is 11.3 Å². The van der Waals surface area contributed by atoms with Gasteiger partial charge in [0.1, 0.15) is 0 Å². The van der Waals surface area contributed by atoms with Gasteiger partial charge in [-0.25, -0.2) is 4.98 Å². The van der Waals surface area contributed by atoms with Crippen molar-refractivity contribution in [3.05, 3.63) is 16.1 Å². The van der Waals surface area contributed by atoms with E-state index >= 15 is 0 Å². The van der Waals surface area contributed by atoms with Crippen molar-refractivity contribution in [2.75, 3.05) is 13.2 Å². The van der Waals surface area contributed by atoms with E-state index < -0.39 is 17.4 Å². The van der Waals surface area contributed by atoms with Gasteiger partial charge in [-0.05, 0) is 27.7 Å². The molecule has 1 rings (SSSR count). The molecular formula is C13H19NO4S. The molecule has 0 fully saturated rings. The molecule has 0 saturated carbocycles. The van der Waals surface area contributed by atoms with Crippen molar-refractivity contribution in [1.29, 1.82) is 0 Å². The summed E-state index contributed by atoms with van der Waals surface area (Å²) in [5, 5.41) is 2.60. The van der Waals surface area contributed by atoms with Crippen LogP contribution in [0.5, 0.6) is 0 Å². The Morgan fingerprint density at radius 2 is 1.79 bits per heavy atom. The highest BCUT2D eigenvalue weighted by atomic mass is 32.1. The second kappa shape index (κ2) is 6.65. The van der Waals surface area contributed by atoms with Gasteiger partial charge in [0.25, 0.3) is 0 Å². The normalized spacial score (nSPS) is 11.2. The number of aryl methyl sites for hydroxylation is 1. The molecule has 0 amide bonds. The first-order chi connectivity index (χ1) is 8.93. The van der Waals surface area contributed by atoms with Crippen molar-refractivity contribution in [3.63, 3.8) is 0 Å². The molecule has 0 radical (unpaired) electrons. The topological polar surface area (TPSA) is 65.5 Å². The minimum absolute atomic E-state index is 0.198. The third-order valence-corrected chi connectivity index (χ3v) is 3.59. The van der Waals surface area contributed by atoms with E-state index in [-0.39, 0.29) is 19.6 Å². The lowest BCUT2D eigenvalue weighted by molar-refractivity contribution is -0.170. The smallest absolute Gasteiger partial charge is 0.323 e. The summed E-state index contributed by atoms with van der Waals surface area (Å²) in [5.74, 6) is -1.14. The van der Waals surface area contributed by atoms with Crippen LogP contribution in [0.1, 0.15) is 31.5 Å². The molecule has 1 heterocycles. The molecule has 19 heavy (non-hydrogen) atoms. The van der Waals surface area contributed by atoms with Crippen LogP contribution in [0.2, 0.25) is 0 Å². The maximum absolute atomic E-state index is 12.0. The summed E-state index contributed by atoms with van der Waals surface area (Å²) in [6.07, 6.45) is 0.198. The predicted octanol–water partition coefficient (Wildman–Crippen LogP) is 2.13. The van der Waals surface area contributed by atoms with E-state index in [0.717, 1.165) is 10.7 Å². The van der Waals surface area contributed by atoms with Gasteiger partial charge in [0, 0.05) is 17.5 Å². The van der Waals surface area contributed by atoms with Gasteiger partial charge in [-0.3, -0.25) is 9.59 Å². The number of ether oxygens (including phenoxy) is 2. The number of carbonyl (C=O) groups excluding carboxylic acids is 2. The molecule has 106 valence electrons. The van der Waals surface area contributed by atoms with Crippen molar-refractivity contribution in [2.45, 2.75) is 34.1 Å². The fourth-order valence-corrected chi connectivity index (χ4v) is 2.52. The van der Waals surface area contributed by atoms with Crippen LogP contribution >= 0.6 is 11.3 Å². The summed E-state index contributed by atoms with van der Waals surface area (Å²) >= 11 is 1.42. The Bertz CT molecular complexity index is 437. The summed E-state index contributed by atoms with van der Waals surface area (Å²) in [6, 6.07) is 0. The Morgan fingerprint density at radius 3 is 2.16 bits per heavy atom. The zero-order valence-corrected chi connectivity index (χ0v) is 12.5. The van der Waals surface area contributed by atoms with E-state index in [9.17, 15) is 9.59 Å². The van der Waals surface area contributed by atoms with Crippen molar-refractivity contribution in [2.24, 2.45) is 5.41 Å². The lowest BCUT2D eigenvalue weighted by atomic mass is 9.87. The standard InChI is InChI=1S/C13H19NO4S/c1-5-17-11(15)13(4,12(16)18-6-2)7-10-14-9(3)8-19-10/h8H,5-7H2,1-4H3. The number of thiazole rings is 1. The second-order valence-electron chi connectivity index (χ2n) is 4.33. The first kappa shape index (κ1) is 15.6. The van der Waals surface area contributed by atoms with Crippen molar-refractivity contribution in [1.82, 2.24) is 4.98 Å². The van der Waals surface area contributed by atoms with Crippen LogP contribution in [0.15, 0.2) is 5.38 Å². The number of rotatable bonds is 6. The van der Waals surface area contributed by atoms with Crippen LogP contribution in [0, 0.1) is 12.3 Å². The van der Waals surface area contributed by atoms with Crippen LogP contribution in [0.25, 0.3) is 0 Å². The van der Waals surface area contributed by atoms with Gasteiger partial charge in [-0.1, -0.05) is 0 Å². The number of carbonyl (C=O) groups is 2. The molecule has 0 aliphatic carbocycles. The summed E-state index contributed by atoms with van der Waals surface area (Å²) in [7, 11) is 0. The zero-order chi connectivity index (χ0) is 14.5. The molecular weight excluding hydrogens is 266 g/mol. The largest absolute Gasteiger partial charge is 0.465 e. The Hall–Kier alpha value is -1.43. The van der Waals surface area contributed by atoms with Gasteiger partial charge in [0.05, 0.1) is 18.2 Å². The molecule has 6 heteroatoms. The average molecular weight is 285 g/mol. The number of esters is 2. The van der Waals surface area contributed by atoms with Crippen LogP contribution in [-0.4, -0.2) is 30.1 Å². The van der Waals surface area contributed by atoms with E-state index in [1.807, 2.05) is 12.3 Å². The third kappa shape index (κ3) is 3.76. The first-order valence-electron chi connectivity index (χ1n) is 6.19. The maximum Gasteiger partial charge on any atom is 0.323 e. The van der Waals surface area contributed by atoms with Gasteiger partial charge in [0.2, 0.25) is 0 Å². The Balaban J connectivity index is 2.97. The highest BCUT2D eigenvalue weighted by Gasteiger charge is 2.45. The Labute approximate surface area is 116 Å². The van der Waals surface area contributed by atoms with E-state index in [4.69, 9.17) is 9.47 Å². The molecule has 0 atom stereocenters. The molecule has 1 aromatic rings. The second-order valence-corrected chi connectivity index (χ2v) is 5.28. The van der Waals surface area contributed by atoms with Gasteiger partial charge < -0.3 is 9.47 Å². The van der Waals surface area contributed by atoms with Gasteiger partial charge in [0.15, 0.2) is 5.41 Å². The zero-order valence-electron chi connectivity index (χ0n) is 11.7. The summed E-state index contributed by atoms with van der Waals surface area (Å²) in [4.78, 5) is 28.4. The first-order valence-corrected chi connectivity index (χ1v) is 7.07. The molecule has 0 spiro atoms. The Kier molecular flexibility index (Phi) is 5.47. The number of hydrogen-bond acceptors (Lipinski definition) is 6. The van der Waals surface area contributed by atoms with Crippen molar-refractivity contribution < 1.29 is 19.1 Å². The highest BCUT2D eigenvalue weighted by molar-refractivity contribution is 7.09. The highest BCUT2D eigenvalue weighted by Crippen LogP contribution is 2.28. The molecule has 5 nitrogen and oxygen atoms in total. The van der Waals surface area contributed by atoms with Gasteiger partial charge >= 0.3 is 11.9 Å². The quantitative estimate of drug-likeness (QED) is 0.591. The summed E-state index contributed by atoms with van der Waals surface area (Å²) in [5.41, 5.74) is -0.467. The fourth-order valence-electron chi connectivity index (χ4n) is 1.59. The molecule has 0 aromatic carbocycles. The number of nitrogens with zero attached hydrogens (tertiary/aromatic N) is 1. The summed E-state index contributed by atoms with van der Waals surface area (Å²) in [6.45, 7) is 7.27. The Morgan fingerprint density at radius 1 is 1.26 bits per heavy atom. The number of hydrogen-bond donors (Lipinski definition) is 0. The number of aromatic nitrogens is 1. The SMILES string of the molecule is CCOC(=O)C(C)(Cc1nc(C)cs1)C(=O)OCC. The predicted molar refractivity (Wildman–Crippen MR) is 71.9 cm³/mol. The fraction of sp³-hybridized carbons (Fsp3) is 0.615. The van der Waals surface area contributed by atoms with Crippen molar-refractivity contribution >= 4 is 23.3 Å². The molecule has 0 aliphatic rings. The van der Waals surface area contributed by atoms with Crippen LogP contribution in [0.3, 0.4) is 0 Å². The maximum atomic E-state index is 12.0. The molecule has 0 unspecified atom stereocenters. The molecule has 0 N–H and O–H groups in total. The molecule has 1 aromatic heterocycles. The van der Waals surface area contributed by atoms with Crippen molar-refractivity contribution in [3.8, 4) is 0 Å². The van der Waals surface area contributed by atoms with Gasteiger partial charge in [-0.2, -0.15) is 0 Å². The minimum atomic E-state index is -1.34. The van der Waals surface area contributed by atoms with Crippen LogP contribution in [-0.2, 0) is 25.5 Å². The van der Waals surface area contributed by atoms with E-state index in [2.05, 4.69) is 4.98 Å². The molecule has 0 saturated heterocycles. The molecule has 0 bridgehead atoms. The minimum Gasteiger partial charge on any atom is -0.465 e. The van der Waals surface area contributed by atoms with E-state index in [1.165, 1.54) is 11.3 Å².